The fourth-order valence-electron chi connectivity index (χ4n) is 1.52. The molecule has 0 spiro atoms. The highest BCUT2D eigenvalue weighted by molar-refractivity contribution is 5.90. The van der Waals surface area contributed by atoms with Gasteiger partial charge in [0.2, 0.25) is 0 Å². The molecule has 0 aromatic carbocycles. The average Bonchev–Trinajstić information content (AvgIpc) is 2.55. The van der Waals surface area contributed by atoms with Gasteiger partial charge in [-0.25, -0.2) is 9.59 Å². The summed E-state index contributed by atoms with van der Waals surface area (Å²) in [7, 11) is 0. The number of nitrogens with one attached hydrogen (secondary N) is 1. The summed E-state index contributed by atoms with van der Waals surface area (Å²) in [6, 6.07) is 5.18. The Morgan fingerprint density at radius 3 is 2.88 bits per heavy atom. The molecule has 17 heavy (non-hydrogen) atoms. The second-order valence-electron chi connectivity index (χ2n) is 3.40. The Hall–Kier alpha value is -2.57. The number of hydrogen-bond acceptors (Lipinski definition) is 4. The van der Waals surface area contributed by atoms with Crippen molar-refractivity contribution < 1.29 is 9.90 Å². The molecule has 2 rings (SSSR count). The fourth-order valence-corrected chi connectivity index (χ4v) is 1.52. The maximum Gasteiger partial charge on any atom is 0.356 e. The first kappa shape index (κ1) is 10.9. The third kappa shape index (κ3) is 2.03. The number of nitrogen functional groups attached to an aromatic ring is 1. The summed E-state index contributed by atoms with van der Waals surface area (Å²) in [5, 5.41) is 8.96. The predicted octanol–water partition coefficient (Wildman–Crippen LogP) is -0.0999. The van der Waals surface area contributed by atoms with E-state index in [1.807, 2.05) is 0 Å². The third-order valence-electron chi connectivity index (χ3n) is 2.26. The van der Waals surface area contributed by atoms with E-state index in [-0.39, 0.29) is 18.1 Å². The van der Waals surface area contributed by atoms with Crippen LogP contribution >= 0.6 is 0 Å². The molecule has 0 aliphatic heterocycles. The van der Waals surface area contributed by atoms with Gasteiger partial charge in [0.05, 0.1) is 12.2 Å². The average molecular weight is 234 g/mol. The number of H-pyrrole nitrogens is 1. The number of carboxylic acid groups (broad SMARTS) is 1. The topological polar surface area (TPSA) is 114 Å². The molecule has 0 bridgehead atoms. The van der Waals surface area contributed by atoms with Crippen molar-refractivity contribution in [3.05, 3.63) is 46.3 Å². The maximum atomic E-state index is 11.5. The van der Waals surface area contributed by atoms with Gasteiger partial charge >= 0.3 is 11.7 Å². The fraction of sp³-hybridized carbons (Fsp3) is 0.100. The molecule has 0 radical (unpaired) electrons. The first-order valence-electron chi connectivity index (χ1n) is 4.81. The molecule has 7 nitrogen and oxygen atoms in total. The Morgan fingerprint density at radius 2 is 2.29 bits per heavy atom. The van der Waals surface area contributed by atoms with Crippen molar-refractivity contribution in [2.75, 3.05) is 5.73 Å². The first-order valence-corrected chi connectivity index (χ1v) is 4.81. The Labute approximate surface area is 95.5 Å². The lowest BCUT2D eigenvalue weighted by molar-refractivity contribution is 0.0686. The smallest absolute Gasteiger partial charge is 0.356 e. The number of aromatic nitrogens is 3. The monoisotopic (exact) mass is 234 g/mol. The van der Waals surface area contributed by atoms with Crippen molar-refractivity contribution in [2.45, 2.75) is 6.54 Å². The number of imidazole rings is 1. The van der Waals surface area contributed by atoms with Crippen molar-refractivity contribution in [3.8, 4) is 0 Å². The summed E-state index contributed by atoms with van der Waals surface area (Å²) >= 11 is 0. The van der Waals surface area contributed by atoms with E-state index >= 15 is 0 Å². The van der Waals surface area contributed by atoms with Gasteiger partial charge in [-0.1, -0.05) is 6.07 Å². The van der Waals surface area contributed by atoms with Crippen LogP contribution in [0.15, 0.2) is 29.2 Å². The van der Waals surface area contributed by atoms with Crippen LogP contribution in [-0.4, -0.2) is 25.6 Å². The minimum absolute atomic E-state index is 0.0645. The number of pyridine rings is 1. The van der Waals surface area contributed by atoms with Gasteiger partial charge in [-0.2, -0.15) is 0 Å². The molecular weight excluding hydrogens is 224 g/mol. The van der Waals surface area contributed by atoms with Gasteiger partial charge in [0.25, 0.3) is 0 Å². The summed E-state index contributed by atoms with van der Waals surface area (Å²) in [4.78, 5) is 28.7. The number of carbonyl (C=O) groups is 1. The van der Waals surface area contributed by atoms with Crippen LogP contribution in [0.4, 0.5) is 5.82 Å². The summed E-state index contributed by atoms with van der Waals surface area (Å²) in [5.41, 5.74) is 5.19. The SMILES string of the molecule is Nc1[nH]c(=O)n(Cc2ccccn2)c1C(=O)O. The van der Waals surface area contributed by atoms with E-state index in [4.69, 9.17) is 10.8 Å². The van der Waals surface area contributed by atoms with Crippen molar-refractivity contribution in [3.63, 3.8) is 0 Å². The van der Waals surface area contributed by atoms with Crippen LogP contribution in [0.3, 0.4) is 0 Å². The van der Waals surface area contributed by atoms with Crippen LogP contribution in [0, 0.1) is 0 Å². The second kappa shape index (κ2) is 4.12. The van der Waals surface area contributed by atoms with Crippen LogP contribution in [0.5, 0.6) is 0 Å². The van der Waals surface area contributed by atoms with Gasteiger partial charge < -0.3 is 10.8 Å². The van der Waals surface area contributed by atoms with Gasteiger partial charge in [0.1, 0.15) is 5.82 Å². The number of anilines is 1. The zero-order valence-corrected chi connectivity index (χ0v) is 8.75. The van der Waals surface area contributed by atoms with E-state index in [0.717, 1.165) is 4.57 Å². The van der Waals surface area contributed by atoms with Crippen LogP contribution < -0.4 is 11.4 Å². The summed E-state index contributed by atoms with van der Waals surface area (Å²) in [6.07, 6.45) is 1.57. The molecule has 7 heteroatoms. The lowest BCUT2D eigenvalue weighted by Gasteiger charge is -2.03. The highest BCUT2D eigenvalue weighted by Gasteiger charge is 2.18. The van der Waals surface area contributed by atoms with Crippen molar-refractivity contribution in [1.29, 1.82) is 0 Å². The van der Waals surface area contributed by atoms with Crippen molar-refractivity contribution in [2.24, 2.45) is 0 Å². The normalized spacial score (nSPS) is 10.4. The van der Waals surface area contributed by atoms with Gasteiger partial charge in [0, 0.05) is 6.20 Å². The van der Waals surface area contributed by atoms with E-state index < -0.39 is 11.7 Å². The molecule has 2 aromatic rings. The second-order valence-corrected chi connectivity index (χ2v) is 3.40. The summed E-state index contributed by atoms with van der Waals surface area (Å²) < 4.78 is 1.04. The lowest BCUT2D eigenvalue weighted by atomic mass is 10.3. The van der Waals surface area contributed by atoms with E-state index in [1.54, 1.807) is 24.4 Å². The standard InChI is InChI=1S/C10H10N4O3/c11-8-7(9(15)16)14(10(17)13-8)5-6-3-1-2-4-12-6/h1-4H,5,11H2,(H,13,17)(H,15,16). The maximum absolute atomic E-state index is 11.5. The molecule has 0 unspecified atom stereocenters. The zero-order chi connectivity index (χ0) is 12.4. The Kier molecular flexibility index (Phi) is 2.65. The van der Waals surface area contributed by atoms with Gasteiger partial charge in [-0.05, 0) is 12.1 Å². The molecule has 4 N–H and O–H groups in total. The van der Waals surface area contributed by atoms with Gasteiger partial charge in [0.15, 0.2) is 5.69 Å². The number of nitrogens with zero attached hydrogens (tertiary/aromatic N) is 2. The molecule has 2 aromatic heterocycles. The molecule has 2 heterocycles. The molecule has 0 aliphatic rings. The number of nitrogens with two attached hydrogens (primary N) is 1. The van der Waals surface area contributed by atoms with E-state index in [2.05, 4.69) is 9.97 Å². The van der Waals surface area contributed by atoms with Crippen LogP contribution in [-0.2, 0) is 6.54 Å². The quantitative estimate of drug-likeness (QED) is 0.686. The van der Waals surface area contributed by atoms with Gasteiger partial charge in [-0.15, -0.1) is 0 Å². The lowest BCUT2D eigenvalue weighted by Crippen LogP contribution is -2.22. The van der Waals surface area contributed by atoms with E-state index in [9.17, 15) is 9.59 Å². The first-order chi connectivity index (χ1) is 8.09. The number of aromatic carboxylic acids is 1. The zero-order valence-electron chi connectivity index (χ0n) is 8.75. The molecule has 88 valence electrons. The highest BCUT2D eigenvalue weighted by atomic mass is 16.4. The summed E-state index contributed by atoms with van der Waals surface area (Å²) in [5.74, 6) is -1.41. The summed E-state index contributed by atoms with van der Waals surface area (Å²) in [6.45, 7) is 0.0645. The number of aromatic amines is 1. The number of hydrogen-bond donors (Lipinski definition) is 3. The predicted molar refractivity (Wildman–Crippen MR) is 59.8 cm³/mol. The highest BCUT2D eigenvalue weighted by Crippen LogP contribution is 2.08. The van der Waals surface area contributed by atoms with Gasteiger partial charge in [-0.3, -0.25) is 14.5 Å². The number of rotatable bonds is 3. The molecule has 0 saturated carbocycles. The molecule has 0 saturated heterocycles. The van der Waals surface area contributed by atoms with Crippen molar-refractivity contribution in [1.82, 2.24) is 14.5 Å². The molecule has 0 atom stereocenters. The minimum Gasteiger partial charge on any atom is -0.476 e. The van der Waals surface area contributed by atoms with E-state index in [1.165, 1.54) is 0 Å². The number of carboxylic acids is 1. The molecule has 0 amide bonds. The van der Waals surface area contributed by atoms with E-state index in [0.29, 0.717) is 5.69 Å². The van der Waals surface area contributed by atoms with Crippen LogP contribution in [0.2, 0.25) is 0 Å². The van der Waals surface area contributed by atoms with Crippen LogP contribution in [0.25, 0.3) is 0 Å². The Balaban J connectivity index is 2.46. The molecule has 0 aliphatic carbocycles. The molecular formula is C10H10N4O3. The minimum atomic E-state index is -1.25. The van der Waals surface area contributed by atoms with Crippen LogP contribution in [0.1, 0.15) is 16.2 Å². The largest absolute Gasteiger partial charge is 0.476 e. The Bertz CT molecular complexity index is 600. The Morgan fingerprint density at radius 1 is 1.53 bits per heavy atom. The molecule has 0 fully saturated rings. The van der Waals surface area contributed by atoms with Crippen molar-refractivity contribution >= 4 is 11.8 Å². The third-order valence-corrected chi connectivity index (χ3v) is 2.26.